The van der Waals surface area contributed by atoms with Crippen molar-refractivity contribution in [2.45, 2.75) is 32.5 Å². The number of fused-ring (bicyclic) bond motifs is 1. The first-order chi connectivity index (χ1) is 14.2. The Hall–Kier alpha value is -3.06. The summed E-state index contributed by atoms with van der Waals surface area (Å²) >= 11 is 0. The zero-order valence-corrected chi connectivity index (χ0v) is 17.7. The predicted molar refractivity (Wildman–Crippen MR) is 110 cm³/mol. The van der Waals surface area contributed by atoms with E-state index in [1.165, 1.54) is 27.2 Å². The van der Waals surface area contributed by atoms with Gasteiger partial charge in [-0.1, -0.05) is 6.08 Å². The topological polar surface area (TPSA) is 91.3 Å². The Morgan fingerprint density at radius 3 is 2.63 bits per heavy atom. The van der Waals surface area contributed by atoms with Gasteiger partial charge in [-0.3, -0.25) is 4.79 Å². The van der Waals surface area contributed by atoms with Crippen molar-refractivity contribution >= 4 is 11.8 Å². The maximum atomic E-state index is 13.0. The molecule has 7 heteroatoms. The second-order valence-corrected chi connectivity index (χ2v) is 7.44. The minimum Gasteiger partial charge on any atom is -0.497 e. The van der Waals surface area contributed by atoms with E-state index >= 15 is 0 Å². The lowest BCUT2D eigenvalue weighted by Gasteiger charge is -2.41. The highest BCUT2D eigenvalue weighted by Gasteiger charge is 2.52. The number of rotatable bonds is 5. The van der Waals surface area contributed by atoms with Crippen LogP contribution in [0.5, 0.6) is 11.5 Å². The normalized spacial score (nSPS) is 25.7. The van der Waals surface area contributed by atoms with Gasteiger partial charge in [0.05, 0.1) is 20.8 Å². The highest BCUT2D eigenvalue weighted by Crippen LogP contribution is 2.38. The van der Waals surface area contributed by atoms with Crippen LogP contribution in [-0.2, 0) is 14.3 Å². The minimum atomic E-state index is -1.75. The number of aryl methyl sites for hydroxylation is 1. The fraction of sp³-hybridized carbons (Fsp3) is 0.391. The number of ketones is 1. The number of hydrogen-bond acceptors (Lipinski definition) is 7. The van der Waals surface area contributed by atoms with Crippen LogP contribution in [0.2, 0.25) is 0 Å². The summed E-state index contributed by atoms with van der Waals surface area (Å²) in [5.41, 5.74) is -0.366. The standard InChI is InChI=1S/C23H26O7/c1-6-7-15-9-14-10-19(24)23(3,21(25)17(14)12-29-15)30-22(26)20-13(2)8-16(27-4)11-18(20)28-5/h6-11,17,21,25H,12H2,1-5H3/b7-6+/t17-,21+,23+/m1/s1. The van der Waals surface area contributed by atoms with Crippen molar-refractivity contribution in [3.05, 3.63) is 58.9 Å². The molecule has 3 atom stereocenters. The third kappa shape index (κ3) is 3.73. The van der Waals surface area contributed by atoms with E-state index in [0.29, 0.717) is 22.6 Å². The predicted octanol–water partition coefficient (Wildman–Crippen LogP) is 2.90. The molecule has 0 radical (unpaired) electrons. The summed E-state index contributed by atoms with van der Waals surface area (Å²) in [4.78, 5) is 25.9. The number of ether oxygens (including phenoxy) is 4. The van der Waals surface area contributed by atoms with Gasteiger partial charge in [0.2, 0.25) is 5.78 Å². The van der Waals surface area contributed by atoms with Crippen molar-refractivity contribution in [2.75, 3.05) is 20.8 Å². The third-order valence-electron chi connectivity index (χ3n) is 5.47. The molecule has 0 aromatic heterocycles. The molecular weight excluding hydrogens is 388 g/mol. The van der Waals surface area contributed by atoms with E-state index in [2.05, 4.69) is 0 Å². The van der Waals surface area contributed by atoms with Gasteiger partial charge >= 0.3 is 5.97 Å². The largest absolute Gasteiger partial charge is 0.497 e. The Balaban J connectivity index is 1.94. The molecule has 160 valence electrons. The summed E-state index contributed by atoms with van der Waals surface area (Å²) in [7, 11) is 2.94. The van der Waals surface area contributed by atoms with Gasteiger partial charge < -0.3 is 24.1 Å². The first-order valence-corrected chi connectivity index (χ1v) is 9.62. The summed E-state index contributed by atoms with van der Waals surface area (Å²) in [6, 6.07) is 3.23. The van der Waals surface area contributed by atoms with Gasteiger partial charge in [-0.15, -0.1) is 0 Å². The number of carbonyl (C=O) groups is 2. The van der Waals surface area contributed by atoms with Gasteiger partial charge in [0.1, 0.15) is 28.9 Å². The number of hydrogen-bond donors (Lipinski definition) is 1. The van der Waals surface area contributed by atoms with Crippen LogP contribution in [0.4, 0.5) is 0 Å². The molecule has 1 aliphatic carbocycles. The lowest BCUT2D eigenvalue weighted by atomic mass is 9.74. The molecule has 0 saturated heterocycles. The molecule has 2 aliphatic rings. The molecule has 7 nitrogen and oxygen atoms in total. The molecule has 3 rings (SSSR count). The van der Waals surface area contributed by atoms with Crippen LogP contribution in [0.25, 0.3) is 0 Å². The number of allylic oxidation sites excluding steroid dienone is 3. The molecule has 1 aromatic rings. The first kappa shape index (κ1) is 21.6. The average molecular weight is 414 g/mol. The Kier molecular flexibility index (Phi) is 6.03. The Bertz CT molecular complexity index is 957. The SMILES string of the molecule is C/C=C/C1=CC2=CC(=O)[C@](C)(OC(=O)c3c(C)cc(OC)cc3OC)[C@@H](O)[C@@H]2CO1. The first-order valence-electron chi connectivity index (χ1n) is 9.62. The van der Waals surface area contributed by atoms with Crippen LogP contribution in [0.3, 0.4) is 0 Å². The van der Waals surface area contributed by atoms with E-state index < -0.39 is 29.4 Å². The summed E-state index contributed by atoms with van der Waals surface area (Å²) in [6.07, 6.45) is 5.47. The van der Waals surface area contributed by atoms with Gasteiger partial charge in [-0.05, 0) is 56.2 Å². The van der Waals surface area contributed by atoms with E-state index in [0.717, 1.165) is 0 Å². The van der Waals surface area contributed by atoms with Crippen LogP contribution in [-0.4, -0.2) is 49.4 Å². The van der Waals surface area contributed by atoms with Crippen LogP contribution in [0.15, 0.2) is 47.8 Å². The van der Waals surface area contributed by atoms with Gasteiger partial charge in [0.25, 0.3) is 0 Å². The van der Waals surface area contributed by atoms with Gasteiger partial charge in [0.15, 0.2) is 5.60 Å². The fourth-order valence-electron chi connectivity index (χ4n) is 3.72. The number of carbonyl (C=O) groups excluding carboxylic acids is 2. The van der Waals surface area contributed by atoms with Gasteiger partial charge in [-0.2, -0.15) is 0 Å². The van der Waals surface area contributed by atoms with E-state index in [4.69, 9.17) is 18.9 Å². The Labute approximate surface area is 175 Å². The average Bonchev–Trinajstić information content (AvgIpc) is 2.71. The minimum absolute atomic E-state index is 0.171. The number of esters is 1. The Morgan fingerprint density at radius 2 is 2.00 bits per heavy atom. The van der Waals surface area contributed by atoms with E-state index in [1.54, 1.807) is 31.2 Å². The smallest absolute Gasteiger partial charge is 0.343 e. The number of methoxy groups -OCH3 is 2. The van der Waals surface area contributed by atoms with Crippen molar-refractivity contribution in [3.8, 4) is 11.5 Å². The van der Waals surface area contributed by atoms with Crippen LogP contribution in [0.1, 0.15) is 29.8 Å². The third-order valence-corrected chi connectivity index (χ3v) is 5.47. The zero-order valence-electron chi connectivity index (χ0n) is 17.7. The maximum absolute atomic E-state index is 13.0. The van der Waals surface area contributed by atoms with Crippen molar-refractivity contribution < 1.29 is 33.6 Å². The molecule has 1 aromatic carbocycles. The molecule has 30 heavy (non-hydrogen) atoms. The van der Waals surface area contributed by atoms with Gasteiger partial charge in [-0.25, -0.2) is 4.79 Å². The molecular formula is C23H26O7. The molecule has 0 saturated carbocycles. The highest BCUT2D eigenvalue weighted by molar-refractivity contribution is 6.03. The quantitative estimate of drug-likeness (QED) is 0.741. The maximum Gasteiger partial charge on any atom is 0.343 e. The molecule has 1 aliphatic heterocycles. The second kappa shape index (κ2) is 8.36. The molecule has 0 unspecified atom stereocenters. The summed E-state index contributed by atoms with van der Waals surface area (Å²) < 4.78 is 21.8. The van der Waals surface area contributed by atoms with Gasteiger partial charge in [0, 0.05) is 12.0 Å². The zero-order chi connectivity index (χ0) is 22.1. The summed E-state index contributed by atoms with van der Waals surface area (Å²) in [5, 5.41) is 11.0. The monoisotopic (exact) mass is 414 g/mol. The number of aliphatic hydroxyl groups excluding tert-OH is 1. The van der Waals surface area contributed by atoms with Crippen LogP contribution >= 0.6 is 0 Å². The molecule has 0 amide bonds. The second-order valence-electron chi connectivity index (χ2n) is 7.44. The molecule has 0 spiro atoms. The van der Waals surface area contributed by atoms with Crippen LogP contribution in [0, 0.1) is 12.8 Å². The highest BCUT2D eigenvalue weighted by atomic mass is 16.6. The van der Waals surface area contributed by atoms with Crippen LogP contribution < -0.4 is 9.47 Å². The molecule has 0 bridgehead atoms. The Morgan fingerprint density at radius 1 is 1.27 bits per heavy atom. The summed E-state index contributed by atoms with van der Waals surface area (Å²) in [6.45, 7) is 5.16. The van der Waals surface area contributed by atoms with E-state index in [-0.39, 0.29) is 17.9 Å². The molecule has 0 fully saturated rings. The van der Waals surface area contributed by atoms with Crippen molar-refractivity contribution in [1.82, 2.24) is 0 Å². The lowest BCUT2D eigenvalue weighted by molar-refractivity contribution is -0.152. The van der Waals surface area contributed by atoms with E-state index in [9.17, 15) is 14.7 Å². The number of aliphatic hydroxyl groups is 1. The molecule has 1 N–H and O–H groups in total. The van der Waals surface area contributed by atoms with Crippen molar-refractivity contribution in [3.63, 3.8) is 0 Å². The lowest BCUT2D eigenvalue weighted by Crippen LogP contribution is -2.57. The summed E-state index contributed by atoms with van der Waals surface area (Å²) in [5.74, 6) is -0.350. The van der Waals surface area contributed by atoms with Crippen molar-refractivity contribution in [2.24, 2.45) is 5.92 Å². The fourth-order valence-corrected chi connectivity index (χ4v) is 3.72. The molecule has 1 heterocycles. The number of benzene rings is 1. The van der Waals surface area contributed by atoms with E-state index in [1.807, 2.05) is 13.0 Å². The van der Waals surface area contributed by atoms with Crippen molar-refractivity contribution in [1.29, 1.82) is 0 Å².